The summed E-state index contributed by atoms with van der Waals surface area (Å²) in [5, 5.41) is 7.80. The summed E-state index contributed by atoms with van der Waals surface area (Å²) in [7, 11) is 0. The predicted octanol–water partition coefficient (Wildman–Crippen LogP) is 2.96. The Labute approximate surface area is 105 Å². The minimum atomic E-state index is 0.335. The Hall–Kier alpha value is -1.62. The van der Waals surface area contributed by atoms with Gasteiger partial charge in [0.15, 0.2) is 0 Å². The smallest absolute Gasteiger partial charge is 0.135 e. The SMILES string of the molecule is Cc1nc(Cl)cc(Nc2cnn(C(C)C)c2)n1. The van der Waals surface area contributed by atoms with Gasteiger partial charge < -0.3 is 5.32 Å². The minimum absolute atomic E-state index is 0.335. The lowest BCUT2D eigenvalue weighted by Crippen LogP contribution is -2.00. The van der Waals surface area contributed by atoms with Crippen molar-refractivity contribution in [3.8, 4) is 0 Å². The van der Waals surface area contributed by atoms with Crippen LogP contribution in [0.1, 0.15) is 25.7 Å². The van der Waals surface area contributed by atoms with E-state index >= 15 is 0 Å². The Balaban J connectivity index is 2.19. The highest BCUT2D eigenvalue weighted by molar-refractivity contribution is 6.29. The van der Waals surface area contributed by atoms with E-state index in [4.69, 9.17) is 11.6 Å². The summed E-state index contributed by atoms with van der Waals surface area (Å²) in [4.78, 5) is 8.24. The van der Waals surface area contributed by atoms with Gasteiger partial charge in [0.2, 0.25) is 0 Å². The summed E-state index contributed by atoms with van der Waals surface area (Å²) in [5.41, 5.74) is 0.882. The lowest BCUT2D eigenvalue weighted by Gasteiger charge is -2.05. The van der Waals surface area contributed by atoms with Gasteiger partial charge in [-0.2, -0.15) is 5.10 Å². The third-order valence-electron chi connectivity index (χ3n) is 2.21. The number of aromatic nitrogens is 4. The summed E-state index contributed by atoms with van der Waals surface area (Å²) < 4.78 is 1.87. The molecule has 0 amide bonds. The molecular formula is C11H14ClN5. The van der Waals surface area contributed by atoms with Crippen LogP contribution < -0.4 is 5.32 Å². The van der Waals surface area contributed by atoms with Crippen molar-refractivity contribution >= 4 is 23.1 Å². The second-order valence-corrected chi connectivity index (χ2v) is 4.44. The number of hydrogen-bond acceptors (Lipinski definition) is 4. The lowest BCUT2D eigenvalue weighted by molar-refractivity contribution is 0.532. The molecule has 2 rings (SSSR count). The molecule has 0 saturated heterocycles. The summed E-state index contributed by atoms with van der Waals surface area (Å²) in [5.74, 6) is 1.31. The van der Waals surface area contributed by atoms with E-state index < -0.39 is 0 Å². The van der Waals surface area contributed by atoms with Crippen LogP contribution in [0.5, 0.6) is 0 Å². The first-order valence-electron chi connectivity index (χ1n) is 5.37. The maximum Gasteiger partial charge on any atom is 0.135 e. The molecule has 6 heteroatoms. The predicted molar refractivity (Wildman–Crippen MR) is 67.7 cm³/mol. The Morgan fingerprint density at radius 3 is 2.71 bits per heavy atom. The van der Waals surface area contributed by atoms with Crippen LogP contribution in [0.2, 0.25) is 5.15 Å². The van der Waals surface area contributed by atoms with Gasteiger partial charge in [-0.3, -0.25) is 4.68 Å². The van der Waals surface area contributed by atoms with Crippen LogP contribution in [0.3, 0.4) is 0 Å². The molecule has 0 aliphatic heterocycles. The Kier molecular flexibility index (Phi) is 3.28. The van der Waals surface area contributed by atoms with Crippen molar-refractivity contribution in [2.75, 3.05) is 5.32 Å². The number of aryl methyl sites for hydroxylation is 1. The molecular weight excluding hydrogens is 238 g/mol. The number of nitrogens with one attached hydrogen (secondary N) is 1. The molecule has 2 aromatic heterocycles. The maximum atomic E-state index is 5.86. The average molecular weight is 252 g/mol. The molecule has 0 saturated carbocycles. The molecule has 2 heterocycles. The zero-order chi connectivity index (χ0) is 12.4. The largest absolute Gasteiger partial charge is 0.338 e. The summed E-state index contributed by atoms with van der Waals surface area (Å²) in [6, 6.07) is 2.02. The standard InChI is InChI=1S/C11H14ClN5/c1-7(2)17-6-9(5-13-17)16-11-4-10(12)14-8(3)15-11/h4-7H,1-3H3,(H,14,15,16). The van der Waals surface area contributed by atoms with Gasteiger partial charge in [0.05, 0.1) is 11.9 Å². The average Bonchev–Trinajstić information content (AvgIpc) is 2.64. The Bertz CT molecular complexity index is 500. The van der Waals surface area contributed by atoms with Crippen LogP contribution >= 0.6 is 11.6 Å². The molecule has 0 aromatic carbocycles. The van der Waals surface area contributed by atoms with Gasteiger partial charge in [-0.15, -0.1) is 0 Å². The molecule has 0 aliphatic rings. The van der Waals surface area contributed by atoms with Crippen LogP contribution in [0.15, 0.2) is 18.5 Å². The topological polar surface area (TPSA) is 55.6 Å². The molecule has 0 unspecified atom stereocenters. The van der Waals surface area contributed by atoms with Gasteiger partial charge >= 0.3 is 0 Å². The zero-order valence-corrected chi connectivity index (χ0v) is 10.7. The van der Waals surface area contributed by atoms with Gasteiger partial charge in [-0.1, -0.05) is 11.6 Å². The van der Waals surface area contributed by atoms with Crippen molar-refractivity contribution in [3.63, 3.8) is 0 Å². The number of hydrogen-bond donors (Lipinski definition) is 1. The van der Waals surface area contributed by atoms with Crippen molar-refractivity contribution in [1.82, 2.24) is 19.7 Å². The van der Waals surface area contributed by atoms with Gasteiger partial charge in [0, 0.05) is 18.3 Å². The van der Waals surface area contributed by atoms with E-state index in [0.29, 0.717) is 22.8 Å². The number of halogens is 1. The molecule has 0 fully saturated rings. The lowest BCUT2D eigenvalue weighted by atomic mass is 10.4. The molecule has 0 atom stereocenters. The van der Waals surface area contributed by atoms with Gasteiger partial charge in [-0.05, 0) is 20.8 Å². The van der Waals surface area contributed by atoms with Crippen molar-refractivity contribution in [2.45, 2.75) is 26.8 Å². The first-order chi connectivity index (χ1) is 8.04. The highest BCUT2D eigenvalue weighted by Crippen LogP contribution is 2.17. The molecule has 5 nitrogen and oxygen atoms in total. The Morgan fingerprint density at radius 2 is 2.12 bits per heavy atom. The molecule has 17 heavy (non-hydrogen) atoms. The fourth-order valence-electron chi connectivity index (χ4n) is 1.43. The molecule has 90 valence electrons. The molecule has 0 bridgehead atoms. The number of nitrogens with zero attached hydrogens (tertiary/aromatic N) is 4. The van der Waals surface area contributed by atoms with E-state index in [9.17, 15) is 0 Å². The number of anilines is 2. The van der Waals surface area contributed by atoms with Crippen molar-refractivity contribution in [2.24, 2.45) is 0 Å². The first-order valence-corrected chi connectivity index (χ1v) is 5.75. The highest BCUT2D eigenvalue weighted by atomic mass is 35.5. The summed E-state index contributed by atoms with van der Waals surface area (Å²) in [6.07, 6.45) is 3.68. The Morgan fingerprint density at radius 1 is 1.35 bits per heavy atom. The zero-order valence-electron chi connectivity index (χ0n) is 9.98. The quantitative estimate of drug-likeness (QED) is 0.852. The normalized spacial score (nSPS) is 10.9. The molecule has 0 radical (unpaired) electrons. The third kappa shape index (κ3) is 2.94. The molecule has 0 spiro atoms. The second-order valence-electron chi connectivity index (χ2n) is 4.05. The van der Waals surface area contributed by atoms with Crippen LogP contribution in [0.25, 0.3) is 0 Å². The highest BCUT2D eigenvalue weighted by Gasteiger charge is 2.04. The van der Waals surface area contributed by atoms with E-state index in [0.717, 1.165) is 5.69 Å². The molecule has 1 N–H and O–H groups in total. The van der Waals surface area contributed by atoms with E-state index in [-0.39, 0.29) is 0 Å². The van der Waals surface area contributed by atoms with Crippen LogP contribution in [0, 0.1) is 6.92 Å². The van der Waals surface area contributed by atoms with E-state index in [2.05, 4.69) is 34.2 Å². The molecule has 0 aliphatic carbocycles. The maximum absolute atomic E-state index is 5.86. The first kappa shape index (κ1) is 11.9. The van der Waals surface area contributed by atoms with Gasteiger partial charge in [0.1, 0.15) is 16.8 Å². The van der Waals surface area contributed by atoms with Gasteiger partial charge in [0.25, 0.3) is 0 Å². The summed E-state index contributed by atoms with van der Waals surface area (Å²) in [6.45, 7) is 5.94. The van der Waals surface area contributed by atoms with E-state index in [1.165, 1.54) is 0 Å². The van der Waals surface area contributed by atoms with Crippen LogP contribution in [-0.4, -0.2) is 19.7 Å². The summed E-state index contributed by atoms with van der Waals surface area (Å²) >= 11 is 5.86. The monoisotopic (exact) mass is 251 g/mol. The third-order valence-corrected chi connectivity index (χ3v) is 2.40. The van der Waals surface area contributed by atoms with Crippen molar-refractivity contribution < 1.29 is 0 Å². The van der Waals surface area contributed by atoms with Crippen molar-refractivity contribution in [3.05, 3.63) is 29.4 Å². The van der Waals surface area contributed by atoms with Crippen molar-refractivity contribution in [1.29, 1.82) is 0 Å². The van der Waals surface area contributed by atoms with Gasteiger partial charge in [-0.25, -0.2) is 9.97 Å². The second kappa shape index (κ2) is 4.71. The molecule has 2 aromatic rings. The fourth-order valence-corrected chi connectivity index (χ4v) is 1.65. The minimum Gasteiger partial charge on any atom is -0.338 e. The van der Waals surface area contributed by atoms with E-state index in [1.807, 2.05) is 10.9 Å². The fraction of sp³-hybridized carbons (Fsp3) is 0.364. The van der Waals surface area contributed by atoms with E-state index in [1.54, 1.807) is 19.2 Å². The van der Waals surface area contributed by atoms with Crippen LogP contribution in [0.4, 0.5) is 11.5 Å². The van der Waals surface area contributed by atoms with Crippen LogP contribution in [-0.2, 0) is 0 Å². The number of rotatable bonds is 3.